The highest BCUT2D eigenvalue weighted by Gasteiger charge is 2.31. The zero-order valence-electron chi connectivity index (χ0n) is 15.8. The summed E-state index contributed by atoms with van der Waals surface area (Å²) in [6.07, 6.45) is 1.77. The molecular weight excluding hydrogens is 359 g/mol. The number of rotatable bonds is 2. The molecule has 0 fully saturated rings. The van der Waals surface area contributed by atoms with E-state index in [0.29, 0.717) is 34.6 Å². The average molecular weight is 380 g/mol. The molecule has 0 radical (unpaired) electrons. The van der Waals surface area contributed by atoms with Crippen molar-refractivity contribution in [2.24, 2.45) is 0 Å². The summed E-state index contributed by atoms with van der Waals surface area (Å²) in [5.41, 5.74) is 6.12. The van der Waals surface area contributed by atoms with Crippen LogP contribution in [0.15, 0.2) is 16.9 Å². The third-order valence-corrected chi connectivity index (χ3v) is 6.27. The van der Waals surface area contributed by atoms with Gasteiger partial charge in [-0.2, -0.15) is 0 Å². The Morgan fingerprint density at radius 3 is 2.71 bits per heavy atom. The fourth-order valence-electron chi connectivity index (χ4n) is 4.86. The number of aromatic nitrogens is 2. The predicted octanol–water partition coefficient (Wildman–Crippen LogP) is 2.91. The van der Waals surface area contributed by atoms with Crippen LogP contribution in [-0.2, 0) is 26.0 Å². The maximum Gasteiger partial charge on any atom is 0.257 e. The van der Waals surface area contributed by atoms with E-state index in [4.69, 9.17) is 4.98 Å². The summed E-state index contributed by atoms with van der Waals surface area (Å²) in [6, 6.07) is 3.23. The number of fused-ring (bicyclic) bond motifs is 4. The van der Waals surface area contributed by atoms with Crippen molar-refractivity contribution in [2.75, 3.05) is 0 Å². The van der Waals surface area contributed by atoms with Crippen LogP contribution >= 0.6 is 0 Å². The maximum absolute atomic E-state index is 14.5. The third kappa shape index (κ3) is 2.19. The SMILES string of the molecule is Cc1c(F)cc2nc3c(c4c2c1CCC4)Cn1c-3cc(C(C)O)c(CO)c1=O. The highest BCUT2D eigenvalue weighted by Crippen LogP contribution is 2.41. The lowest BCUT2D eigenvalue weighted by Crippen LogP contribution is -2.25. The van der Waals surface area contributed by atoms with E-state index in [0.717, 1.165) is 41.3 Å². The van der Waals surface area contributed by atoms with E-state index >= 15 is 0 Å². The minimum Gasteiger partial charge on any atom is -0.391 e. The van der Waals surface area contributed by atoms with Gasteiger partial charge in [-0.1, -0.05) is 0 Å². The van der Waals surface area contributed by atoms with Crippen LogP contribution in [0.1, 0.15) is 52.8 Å². The Balaban J connectivity index is 1.87. The van der Waals surface area contributed by atoms with Crippen LogP contribution in [0, 0.1) is 12.7 Å². The lowest BCUT2D eigenvalue weighted by molar-refractivity contribution is 0.192. The quantitative estimate of drug-likeness (QED) is 0.561. The average Bonchev–Trinajstić information content (AvgIpc) is 3.05. The van der Waals surface area contributed by atoms with E-state index < -0.39 is 12.7 Å². The lowest BCUT2D eigenvalue weighted by atomic mass is 9.85. The van der Waals surface area contributed by atoms with Crippen LogP contribution < -0.4 is 5.56 Å². The van der Waals surface area contributed by atoms with Crippen LogP contribution in [0.2, 0.25) is 0 Å². The van der Waals surface area contributed by atoms with Gasteiger partial charge in [0.05, 0.1) is 36.2 Å². The number of pyridine rings is 2. The molecule has 144 valence electrons. The third-order valence-electron chi connectivity index (χ3n) is 6.27. The summed E-state index contributed by atoms with van der Waals surface area (Å²) >= 11 is 0. The van der Waals surface area contributed by atoms with Crippen molar-refractivity contribution in [3.63, 3.8) is 0 Å². The van der Waals surface area contributed by atoms with Gasteiger partial charge in [0.25, 0.3) is 5.56 Å². The van der Waals surface area contributed by atoms with Crippen LogP contribution in [0.5, 0.6) is 0 Å². The number of hydrogen-bond acceptors (Lipinski definition) is 4. The minimum absolute atomic E-state index is 0.215. The molecule has 0 spiro atoms. The number of hydrogen-bond donors (Lipinski definition) is 2. The van der Waals surface area contributed by atoms with Crippen LogP contribution in [-0.4, -0.2) is 19.8 Å². The predicted molar refractivity (Wildman–Crippen MR) is 104 cm³/mol. The smallest absolute Gasteiger partial charge is 0.257 e. The van der Waals surface area contributed by atoms with Crippen molar-refractivity contribution in [1.29, 1.82) is 0 Å². The summed E-state index contributed by atoms with van der Waals surface area (Å²) in [4.78, 5) is 17.7. The molecule has 0 amide bonds. The number of benzene rings is 1. The number of nitrogens with zero attached hydrogens (tertiary/aromatic N) is 2. The molecule has 5 rings (SSSR count). The molecule has 1 aliphatic heterocycles. The molecule has 3 heterocycles. The second-order valence-corrected chi connectivity index (χ2v) is 7.82. The molecule has 2 aromatic heterocycles. The highest BCUT2D eigenvalue weighted by molar-refractivity contribution is 5.92. The molecule has 1 aromatic carbocycles. The first kappa shape index (κ1) is 17.5. The molecule has 0 saturated carbocycles. The van der Waals surface area contributed by atoms with E-state index in [1.165, 1.54) is 6.07 Å². The van der Waals surface area contributed by atoms with Crippen molar-refractivity contribution < 1.29 is 14.6 Å². The standard InChI is InChI=1S/C22H21FN2O3/c1-10-12-4-3-5-13-15-8-25-19(6-14(11(2)27)16(9-26)22(25)28)21(15)24-18(20(12)13)7-17(10)23/h6-7,11,26-27H,3-5,8-9H2,1-2H3. The number of halogens is 1. The molecule has 1 aliphatic carbocycles. The lowest BCUT2D eigenvalue weighted by Gasteiger charge is -2.21. The van der Waals surface area contributed by atoms with E-state index in [9.17, 15) is 19.4 Å². The Morgan fingerprint density at radius 1 is 1.25 bits per heavy atom. The van der Waals surface area contributed by atoms with E-state index in [1.807, 2.05) is 6.92 Å². The van der Waals surface area contributed by atoms with Gasteiger partial charge < -0.3 is 14.8 Å². The first-order valence-electron chi connectivity index (χ1n) is 9.61. The van der Waals surface area contributed by atoms with E-state index in [-0.39, 0.29) is 16.9 Å². The topological polar surface area (TPSA) is 75.3 Å². The fraction of sp³-hybridized carbons (Fsp3) is 0.364. The summed E-state index contributed by atoms with van der Waals surface area (Å²) in [7, 11) is 0. The summed E-state index contributed by atoms with van der Waals surface area (Å²) in [6.45, 7) is 3.36. The zero-order chi connectivity index (χ0) is 19.7. The molecule has 0 saturated heterocycles. The molecule has 3 aromatic rings. The molecule has 1 atom stereocenters. The van der Waals surface area contributed by atoms with Gasteiger partial charge in [-0.15, -0.1) is 0 Å². The summed E-state index contributed by atoms with van der Waals surface area (Å²) in [5, 5.41) is 20.8. The molecule has 6 heteroatoms. The molecule has 2 N–H and O–H groups in total. The fourth-order valence-corrected chi connectivity index (χ4v) is 4.86. The molecule has 0 bridgehead atoms. The van der Waals surface area contributed by atoms with Gasteiger partial charge in [0.2, 0.25) is 0 Å². The van der Waals surface area contributed by atoms with Gasteiger partial charge in [-0.25, -0.2) is 9.37 Å². The van der Waals surface area contributed by atoms with Crippen LogP contribution in [0.25, 0.3) is 22.3 Å². The molecule has 28 heavy (non-hydrogen) atoms. The number of aryl methyl sites for hydroxylation is 2. The van der Waals surface area contributed by atoms with Gasteiger partial charge in [0, 0.05) is 22.6 Å². The Bertz CT molecular complexity index is 1230. The van der Waals surface area contributed by atoms with Crippen LogP contribution in [0.3, 0.4) is 0 Å². The van der Waals surface area contributed by atoms with Gasteiger partial charge in [-0.3, -0.25) is 4.79 Å². The van der Waals surface area contributed by atoms with Crippen molar-refractivity contribution >= 4 is 10.9 Å². The Morgan fingerprint density at radius 2 is 2.00 bits per heavy atom. The molecular formula is C22H21FN2O3. The molecule has 1 unspecified atom stereocenters. The zero-order valence-corrected chi connectivity index (χ0v) is 15.8. The molecule has 2 aliphatic rings. The largest absolute Gasteiger partial charge is 0.391 e. The van der Waals surface area contributed by atoms with Crippen molar-refractivity contribution in [3.8, 4) is 11.4 Å². The second kappa shape index (κ2) is 5.96. The number of aliphatic hydroxyl groups excluding tert-OH is 2. The van der Waals surface area contributed by atoms with Crippen molar-refractivity contribution in [3.05, 3.63) is 61.7 Å². The van der Waals surface area contributed by atoms with Crippen molar-refractivity contribution in [2.45, 2.75) is 52.4 Å². The Hall–Kier alpha value is -2.57. The Labute approximate surface area is 161 Å². The first-order valence-corrected chi connectivity index (χ1v) is 9.61. The minimum atomic E-state index is -0.879. The van der Waals surface area contributed by atoms with E-state index in [1.54, 1.807) is 17.6 Å². The summed E-state index contributed by atoms with van der Waals surface area (Å²) in [5.74, 6) is -0.251. The van der Waals surface area contributed by atoms with Gasteiger partial charge in [0.15, 0.2) is 0 Å². The van der Waals surface area contributed by atoms with Crippen LogP contribution in [0.4, 0.5) is 4.39 Å². The summed E-state index contributed by atoms with van der Waals surface area (Å²) < 4.78 is 16.1. The first-order chi connectivity index (χ1) is 13.4. The normalized spacial score (nSPS) is 15.6. The number of aliphatic hydroxyl groups is 2. The van der Waals surface area contributed by atoms with Gasteiger partial charge in [0.1, 0.15) is 5.82 Å². The van der Waals surface area contributed by atoms with Gasteiger partial charge in [-0.05, 0) is 61.4 Å². The molecule has 5 nitrogen and oxygen atoms in total. The Kier molecular flexibility index (Phi) is 3.73. The van der Waals surface area contributed by atoms with Gasteiger partial charge >= 0.3 is 0 Å². The van der Waals surface area contributed by atoms with E-state index in [2.05, 4.69) is 0 Å². The monoisotopic (exact) mass is 380 g/mol. The highest BCUT2D eigenvalue weighted by atomic mass is 19.1. The maximum atomic E-state index is 14.5. The second-order valence-electron chi connectivity index (χ2n) is 7.82. The van der Waals surface area contributed by atoms with Crippen molar-refractivity contribution in [1.82, 2.24) is 9.55 Å².